The van der Waals surface area contributed by atoms with E-state index in [-0.39, 0.29) is 17.9 Å². The van der Waals surface area contributed by atoms with Gasteiger partial charge in [-0.1, -0.05) is 136 Å². The summed E-state index contributed by atoms with van der Waals surface area (Å²) in [4.78, 5) is 29.0. The average Bonchev–Trinajstić information content (AvgIpc) is 3.52. The Morgan fingerprint density at radius 3 is 1.87 bits per heavy atom. The second-order valence-electron chi connectivity index (χ2n) is 16.5. The van der Waals surface area contributed by atoms with Crippen LogP contribution >= 0.6 is 11.6 Å². The van der Waals surface area contributed by atoms with Crippen molar-refractivity contribution in [3.05, 3.63) is 155 Å². The number of ether oxygens (including phenoxy) is 1. The summed E-state index contributed by atoms with van der Waals surface area (Å²) in [6.07, 6.45) is 0.932. The molecule has 2 amide bonds. The fraction of sp³-hybridized carbons (Fsp3) is 0.298. The highest BCUT2D eigenvalue weighted by Gasteiger charge is 2.41. The van der Waals surface area contributed by atoms with Gasteiger partial charge in [-0.15, -0.1) is 0 Å². The van der Waals surface area contributed by atoms with Gasteiger partial charge in [-0.25, -0.2) is 9.48 Å². The summed E-state index contributed by atoms with van der Waals surface area (Å²) < 4.78 is 7.73. The molecule has 1 aromatic heterocycles. The van der Waals surface area contributed by atoms with E-state index in [0.717, 1.165) is 38.7 Å². The summed E-state index contributed by atoms with van der Waals surface area (Å²) in [6, 6.07) is 43.6. The topological polar surface area (TPSA) is 76.5 Å². The summed E-state index contributed by atoms with van der Waals surface area (Å²) in [7, 11) is 0. The molecule has 0 aliphatic carbocycles. The summed E-state index contributed by atoms with van der Waals surface area (Å²) in [5.41, 5.74) is 5.22. The van der Waals surface area contributed by atoms with Gasteiger partial charge in [-0.05, 0) is 91.1 Å². The molecule has 6 aromatic rings. The number of likely N-dealkylation sites (tertiary alicyclic amines) is 1. The van der Waals surface area contributed by atoms with E-state index >= 15 is 0 Å². The number of aromatic nitrogens is 2. The molecule has 1 atom stereocenters. The Morgan fingerprint density at radius 1 is 0.745 bits per heavy atom. The third-order valence-electron chi connectivity index (χ3n) is 10.4. The molecule has 2 heterocycles. The van der Waals surface area contributed by atoms with E-state index < -0.39 is 23.2 Å². The number of carbonyl (C=O) groups excluding carboxylic acids is 2. The van der Waals surface area contributed by atoms with Crippen LogP contribution in [0.5, 0.6) is 0 Å². The zero-order valence-electron chi connectivity index (χ0n) is 32.5. The number of piperidine rings is 1. The maximum atomic E-state index is 14.3. The molecule has 1 aliphatic rings. The number of rotatable bonds is 7. The molecule has 1 aliphatic heterocycles. The molecule has 1 N–H and O–H groups in total. The zero-order chi connectivity index (χ0) is 39.0. The molecule has 0 unspecified atom stereocenters. The Labute approximate surface area is 329 Å². The van der Waals surface area contributed by atoms with E-state index in [4.69, 9.17) is 21.4 Å². The minimum atomic E-state index is -0.922. The molecule has 0 spiro atoms. The Bertz CT molecular complexity index is 2210. The van der Waals surface area contributed by atoms with Gasteiger partial charge in [0.05, 0.1) is 11.4 Å². The van der Waals surface area contributed by atoms with Crippen molar-refractivity contribution in [2.24, 2.45) is 5.92 Å². The first kappa shape index (κ1) is 37.9. The van der Waals surface area contributed by atoms with Gasteiger partial charge in [0.15, 0.2) is 5.82 Å². The van der Waals surface area contributed by atoms with Gasteiger partial charge in [-0.2, -0.15) is 5.10 Å². The van der Waals surface area contributed by atoms with Crippen LogP contribution in [0.15, 0.2) is 127 Å². The molecular formula is C47H49ClN4O3. The second kappa shape index (κ2) is 15.0. The fourth-order valence-corrected chi connectivity index (χ4v) is 7.88. The molecule has 0 radical (unpaired) electrons. The first-order chi connectivity index (χ1) is 26.3. The smallest absolute Gasteiger partial charge is 0.410 e. The Hall–Kier alpha value is -5.40. The molecule has 7 nitrogen and oxygen atoms in total. The van der Waals surface area contributed by atoms with Crippen molar-refractivity contribution < 1.29 is 14.3 Å². The quantitative estimate of drug-likeness (QED) is 0.165. The van der Waals surface area contributed by atoms with Gasteiger partial charge < -0.3 is 15.0 Å². The first-order valence-electron chi connectivity index (χ1n) is 19.0. The van der Waals surface area contributed by atoms with E-state index in [1.807, 2.05) is 81.4 Å². The molecule has 282 valence electrons. The van der Waals surface area contributed by atoms with Crippen molar-refractivity contribution in [3.8, 4) is 11.1 Å². The van der Waals surface area contributed by atoms with Crippen molar-refractivity contribution in [3.63, 3.8) is 0 Å². The van der Waals surface area contributed by atoms with Gasteiger partial charge in [0.2, 0.25) is 5.91 Å². The van der Waals surface area contributed by atoms with Gasteiger partial charge in [0, 0.05) is 29.1 Å². The van der Waals surface area contributed by atoms with Gasteiger partial charge in [-0.3, -0.25) is 4.79 Å². The molecule has 0 bridgehead atoms. The summed E-state index contributed by atoms with van der Waals surface area (Å²) >= 11 is 6.92. The number of hydrogen-bond acceptors (Lipinski definition) is 4. The maximum absolute atomic E-state index is 14.3. The lowest BCUT2D eigenvalue weighted by Crippen LogP contribution is -2.45. The van der Waals surface area contributed by atoms with Crippen LogP contribution in [-0.2, 0) is 20.5 Å². The SMILES string of the molecule is CC(C)(C)OC(=O)N1CCC[C@@H](C(=O)Nc2nn(C(c3ccccc3)(c3ccccc3)c3ccccc3)c3ccc(-c4cc(C(C)(C)C)ccc4Cl)cc23)C1. The minimum absolute atomic E-state index is 0.0820. The summed E-state index contributed by atoms with van der Waals surface area (Å²) in [5, 5.41) is 10.1. The van der Waals surface area contributed by atoms with Crippen LogP contribution in [0.25, 0.3) is 22.0 Å². The van der Waals surface area contributed by atoms with E-state index in [9.17, 15) is 9.59 Å². The molecule has 1 saturated heterocycles. The van der Waals surface area contributed by atoms with Crippen molar-refractivity contribution in [1.29, 1.82) is 0 Å². The largest absolute Gasteiger partial charge is 0.444 e. The Kier molecular flexibility index (Phi) is 10.4. The Morgan fingerprint density at radius 2 is 1.33 bits per heavy atom. The molecule has 5 aromatic carbocycles. The predicted molar refractivity (Wildman–Crippen MR) is 223 cm³/mol. The third kappa shape index (κ3) is 7.63. The van der Waals surface area contributed by atoms with E-state index in [1.165, 1.54) is 5.56 Å². The lowest BCUT2D eigenvalue weighted by atomic mass is 9.77. The predicted octanol–water partition coefficient (Wildman–Crippen LogP) is 11.1. The number of carbonyl (C=O) groups is 2. The van der Waals surface area contributed by atoms with Gasteiger partial charge in [0.1, 0.15) is 11.1 Å². The lowest BCUT2D eigenvalue weighted by Gasteiger charge is -2.37. The average molecular weight is 753 g/mol. The number of fused-ring (bicyclic) bond motifs is 1. The third-order valence-corrected chi connectivity index (χ3v) is 10.7. The highest BCUT2D eigenvalue weighted by atomic mass is 35.5. The number of anilines is 1. The van der Waals surface area contributed by atoms with Crippen LogP contribution in [0, 0.1) is 5.92 Å². The Balaban J connectivity index is 1.43. The van der Waals surface area contributed by atoms with Gasteiger partial charge >= 0.3 is 6.09 Å². The van der Waals surface area contributed by atoms with Crippen LogP contribution in [0.3, 0.4) is 0 Å². The van der Waals surface area contributed by atoms with Crippen molar-refractivity contribution >= 4 is 40.3 Å². The van der Waals surface area contributed by atoms with Crippen molar-refractivity contribution in [2.45, 2.75) is 70.9 Å². The van der Waals surface area contributed by atoms with E-state index in [1.54, 1.807) is 4.90 Å². The molecule has 0 saturated carbocycles. The van der Waals surface area contributed by atoms with Crippen LogP contribution in [0.1, 0.15) is 76.6 Å². The number of nitrogens with zero attached hydrogens (tertiary/aromatic N) is 3. The van der Waals surface area contributed by atoms with Crippen LogP contribution in [-0.4, -0.2) is 45.4 Å². The molecule has 55 heavy (non-hydrogen) atoms. The van der Waals surface area contributed by atoms with Crippen LogP contribution in [0.2, 0.25) is 5.02 Å². The minimum Gasteiger partial charge on any atom is -0.444 e. The standard InChI is InChI=1S/C47H49ClN4O3/c1-45(2,3)37-25-26-40(48)38(30-37)32-24-27-41-39(29-32)42(49-43(53)33-17-16-28-51(31-33)44(54)55-46(4,5)6)50-52(41)47(34-18-10-7-11-19-34,35-20-12-8-13-21-35)36-22-14-9-15-23-36/h7-15,18-27,29-30,33H,16-17,28,31H2,1-6H3,(H,49,50,53)/t33-/m1/s1. The molecule has 1 fully saturated rings. The summed E-state index contributed by atoms with van der Waals surface area (Å²) in [5.74, 6) is -0.195. The highest BCUT2D eigenvalue weighted by Crippen LogP contribution is 2.45. The number of halogens is 1. The van der Waals surface area contributed by atoms with Crippen LogP contribution in [0.4, 0.5) is 10.6 Å². The normalized spacial score (nSPS) is 15.2. The molecule has 8 heteroatoms. The second-order valence-corrected chi connectivity index (χ2v) is 16.9. The number of benzene rings is 5. The monoisotopic (exact) mass is 752 g/mol. The maximum Gasteiger partial charge on any atom is 0.410 e. The molecule has 7 rings (SSSR count). The zero-order valence-corrected chi connectivity index (χ0v) is 33.2. The van der Waals surface area contributed by atoms with E-state index in [2.05, 4.69) is 97.5 Å². The lowest BCUT2D eigenvalue weighted by molar-refractivity contribution is -0.121. The number of amides is 2. The van der Waals surface area contributed by atoms with Crippen molar-refractivity contribution in [2.75, 3.05) is 18.4 Å². The first-order valence-corrected chi connectivity index (χ1v) is 19.4. The number of nitrogens with one attached hydrogen (secondary N) is 1. The highest BCUT2D eigenvalue weighted by molar-refractivity contribution is 6.33. The van der Waals surface area contributed by atoms with E-state index in [0.29, 0.717) is 30.2 Å². The summed E-state index contributed by atoms with van der Waals surface area (Å²) in [6.45, 7) is 12.9. The molecular weight excluding hydrogens is 704 g/mol. The van der Waals surface area contributed by atoms with Crippen molar-refractivity contribution in [1.82, 2.24) is 14.7 Å². The fourth-order valence-electron chi connectivity index (χ4n) is 7.65. The number of hydrogen-bond donors (Lipinski definition) is 1. The van der Waals surface area contributed by atoms with Gasteiger partial charge in [0.25, 0.3) is 0 Å². The van der Waals surface area contributed by atoms with Crippen LogP contribution < -0.4 is 5.32 Å².